The zero-order valence-corrected chi connectivity index (χ0v) is 12.2. The van der Waals surface area contributed by atoms with Crippen LogP contribution in [-0.2, 0) is 6.61 Å². The van der Waals surface area contributed by atoms with Gasteiger partial charge in [0.2, 0.25) is 0 Å². The smallest absolute Gasteiger partial charge is 0.150 e. The molecule has 0 amide bonds. The van der Waals surface area contributed by atoms with Crippen molar-refractivity contribution in [1.29, 1.82) is 0 Å². The van der Waals surface area contributed by atoms with E-state index in [9.17, 15) is 4.79 Å². The molecule has 0 aliphatic rings. The third-order valence-corrected chi connectivity index (χ3v) is 3.38. The molecule has 0 saturated carbocycles. The van der Waals surface area contributed by atoms with E-state index in [0.29, 0.717) is 12.2 Å². The normalized spacial score (nSPS) is 10.1. The predicted octanol–water partition coefficient (Wildman–Crippen LogP) is 3.99. The van der Waals surface area contributed by atoms with Crippen LogP contribution < -0.4 is 4.74 Å². The molecule has 2 nitrogen and oxygen atoms in total. The molecule has 0 heterocycles. The number of para-hydroxylation sites is 1. The van der Waals surface area contributed by atoms with Crippen molar-refractivity contribution in [2.75, 3.05) is 0 Å². The van der Waals surface area contributed by atoms with Gasteiger partial charge in [0.15, 0.2) is 0 Å². The van der Waals surface area contributed by atoms with Crippen LogP contribution in [0, 0.1) is 10.5 Å². The molecule has 0 N–H and O–H groups in total. The second-order valence-electron chi connectivity index (χ2n) is 4.02. The number of carbonyl (C=O) groups is 1. The van der Waals surface area contributed by atoms with Crippen LogP contribution in [0.5, 0.6) is 5.75 Å². The summed E-state index contributed by atoms with van der Waals surface area (Å²) in [6.45, 7) is 2.42. The third-order valence-electron chi connectivity index (χ3n) is 2.71. The molecule has 0 fully saturated rings. The van der Waals surface area contributed by atoms with E-state index >= 15 is 0 Å². The van der Waals surface area contributed by atoms with Crippen molar-refractivity contribution < 1.29 is 9.53 Å². The molecule has 0 saturated heterocycles. The highest BCUT2D eigenvalue weighted by atomic mass is 127. The molecule has 92 valence electrons. The Labute approximate surface area is 120 Å². The molecule has 2 aromatic carbocycles. The van der Waals surface area contributed by atoms with Crippen molar-refractivity contribution in [2.24, 2.45) is 0 Å². The third kappa shape index (κ3) is 3.10. The molecule has 0 aliphatic carbocycles. The van der Waals surface area contributed by atoms with Crippen LogP contribution >= 0.6 is 22.6 Å². The Hall–Kier alpha value is -1.36. The summed E-state index contributed by atoms with van der Waals surface area (Å²) < 4.78 is 6.86. The Kier molecular flexibility index (Phi) is 4.36. The van der Waals surface area contributed by atoms with E-state index in [1.807, 2.05) is 49.4 Å². The zero-order valence-electron chi connectivity index (χ0n) is 10.0. The summed E-state index contributed by atoms with van der Waals surface area (Å²) in [7, 11) is 0. The second kappa shape index (κ2) is 6.00. The van der Waals surface area contributed by atoms with Crippen LogP contribution in [0.15, 0.2) is 42.5 Å². The minimum Gasteiger partial charge on any atom is -0.489 e. The number of ether oxygens (including phenoxy) is 1. The highest BCUT2D eigenvalue weighted by Gasteiger charge is 2.04. The first kappa shape index (κ1) is 13.1. The number of rotatable bonds is 4. The number of halogens is 1. The number of benzene rings is 2. The van der Waals surface area contributed by atoms with Crippen molar-refractivity contribution in [2.45, 2.75) is 13.5 Å². The van der Waals surface area contributed by atoms with E-state index in [1.54, 1.807) is 0 Å². The molecule has 0 radical (unpaired) electrons. The Morgan fingerprint density at radius 1 is 1.22 bits per heavy atom. The molecule has 0 spiro atoms. The summed E-state index contributed by atoms with van der Waals surface area (Å²) in [5.41, 5.74) is 2.69. The fourth-order valence-electron chi connectivity index (χ4n) is 1.69. The zero-order chi connectivity index (χ0) is 13.0. The summed E-state index contributed by atoms with van der Waals surface area (Å²) in [5, 5.41) is 0. The maximum atomic E-state index is 11.0. The fourth-order valence-corrected chi connectivity index (χ4v) is 2.24. The van der Waals surface area contributed by atoms with Gasteiger partial charge in [-0.15, -0.1) is 0 Å². The SMILES string of the molecule is Cc1ccccc1OCc1cc(I)ccc1C=O. The van der Waals surface area contributed by atoms with Crippen molar-refractivity contribution >= 4 is 28.9 Å². The van der Waals surface area contributed by atoms with Gasteiger partial charge in [-0.1, -0.05) is 24.3 Å². The van der Waals surface area contributed by atoms with Gasteiger partial charge < -0.3 is 4.74 Å². The van der Waals surface area contributed by atoms with Gasteiger partial charge in [0.05, 0.1) is 0 Å². The first-order valence-corrected chi connectivity index (χ1v) is 6.70. The van der Waals surface area contributed by atoms with Gasteiger partial charge in [-0.2, -0.15) is 0 Å². The van der Waals surface area contributed by atoms with E-state index in [1.165, 1.54) is 0 Å². The highest BCUT2D eigenvalue weighted by Crippen LogP contribution is 2.19. The van der Waals surface area contributed by atoms with Crippen molar-refractivity contribution in [3.63, 3.8) is 0 Å². The molecule has 0 atom stereocenters. The van der Waals surface area contributed by atoms with Crippen LogP contribution in [0.2, 0.25) is 0 Å². The lowest BCUT2D eigenvalue weighted by molar-refractivity contribution is 0.112. The number of aryl methyl sites for hydroxylation is 1. The molecule has 0 aromatic heterocycles. The lowest BCUT2D eigenvalue weighted by atomic mass is 10.1. The van der Waals surface area contributed by atoms with Crippen molar-refractivity contribution in [1.82, 2.24) is 0 Å². The summed E-state index contributed by atoms with van der Waals surface area (Å²) in [6.07, 6.45) is 0.868. The fraction of sp³-hybridized carbons (Fsp3) is 0.133. The summed E-state index contributed by atoms with van der Waals surface area (Å²) >= 11 is 2.23. The first-order chi connectivity index (χ1) is 8.70. The van der Waals surface area contributed by atoms with E-state index < -0.39 is 0 Å². The Bertz CT molecular complexity index is 564. The lowest BCUT2D eigenvalue weighted by Crippen LogP contribution is -2.01. The molecule has 0 unspecified atom stereocenters. The lowest BCUT2D eigenvalue weighted by Gasteiger charge is -2.10. The largest absolute Gasteiger partial charge is 0.489 e. The number of carbonyl (C=O) groups excluding carboxylic acids is 1. The predicted molar refractivity (Wildman–Crippen MR) is 80.1 cm³/mol. The van der Waals surface area contributed by atoms with Gasteiger partial charge in [0.25, 0.3) is 0 Å². The first-order valence-electron chi connectivity index (χ1n) is 5.63. The molecule has 0 aliphatic heterocycles. The molecule has 18 heavy (non-hydrogen) atoms. The van der Waals surface area contributed by atoms with Gasteiger partial charge in [-0.05, 0) is 53.3 Å². The van der Waals surface area contributed by atoms with E-state index in [2.05, 4.69) is 22.6 Å². The maximum Gasteiger partial charge on any atom is 0.150 e. The summed E-state index contributed by atoms with van der Waals surface area (Å²) in [5.74, 6) is 0.855. The van der Waals surface area contributed by atoms with Gasteiger partial charge in [0, 0.05) is 14.7 Å². The van der Waals surface area contributed by atoms with E-state index in [0.717, 1.165) is 26.7 Å². The summed E-state index contributed by atoms with van der Waals surface area (Å²) in [4.78, 5) is 11.0. The number of hydrogen-bond donors (Lipinski definition) is 0. The van der Waals surface area contributed by atoms with Gasteiger partial charge in [0.1, 0.15) is 18.6 Å². The van der Waals surface area contributed by atoms with Gasteiger partial charge in [-0.25, -0.2) is 0 Å². The standard InChI is InChI=1S/C15H13IO2/c1-11-4-2-3-5-15(11)18-10-13-8-14(16)7-6-12(13)9-17/h2-9H,10H2,1H3. The number of hydrogen-bond acceptors (Lipinski definition) is 2. The Morgan fingerprint density at radius 2 is 2.00 bits per heavy atom. The van der Waals surface area contributed by atoms with Crippen molar-refractivity contribution in [3.05, 3.63) is 62.7 Å². The monoisotopic (exact) mass is 352 g/mol. The molecule has 3 heteroatoms. The minimum absolute atomic E-state index is 0.412. The van der Waals surface area contributed by atoms with Crippen LogP contribution in [-0.4, -0.2) is 6.29 Å². The van der Waals surface area contributed by atoms with Crippen LogP contribution in [0.3, 0.4) is 0 Å². The van der Waals surface area contributed by atoms with Crippen molar-refractivity contribution in [3.8, 4) is 5.75 Å². The highest BCUT2D eigenvalue weighted by molar-refractivity contribution is 14.1. The average Bonchev–Trinajstić information content (AvgIpc) is 2.38. The van der Waals surface area contributed by atoms with Crippen LogP contribution in [0.1, 0.15) is 21.5 Å². The quantitative estimate of drug-likeness (QED) is 0.614. The molecule has 0 bridgehead atoms. The van der Waals surface area contributed by atoms with Gasteiger partial charge >= 0.3 is 0 Å². The minimum atomic E-state index is 0.412. The van der Waals surface area contributed by atoms with Gasteiger partial charge in [-0.3, -0.25) is 4.79 Å². The Morgan fingerprint density at radius 3 is 2.72 bits per heavy atom. The molecule has 2 rings (SSSR count). The molecule has 2 aromatic rings. The molecular formula is C15H13IO2. The average molecular weight is 352 g/mol. The second-order valence-corrected chi connectivity index (χ2v) is 5.26. The summed E-state index contributed by atoms with van der Waals surface area (Å²) in [6, 6.07) is 13.6. The van der Waals surface area contributed by atoms with E-state index in [-0.39, 0.29) is 0 Å². The Balaban J connectivity index is 2.18. The van der Waals surface area contributed by atoms with Crippen LogP contribution in [0.25, 0.3) is 0 Å². The van der Waals surface area contributed by atoms with E-state index in [4.69, 9.17) is 4.74 Å². The topological polar surface area (TPSA) is 26.3 Å². The molecular weight excluding hydrogens is 339 g/mol. The van der Waals surface area contributed by atoms with Crippen LogP contribution in [0.4, 0.5) is 0 Å². The maximum absolute atomic E-state index is 11.0. The number of aldehydes is 1.